The predicted molar refractivity (Wildman–Crippen MR) is 73.3 cm³/mol. The number of fused-ring (bicyclic) bond motifs is 5. The van der Waals surface area contributed by atoms with Crippen LogP contribution in [0.2, 0.25) is 0 Å². The van der Waals surface area contributed by atoms with E-state index in [0.717, 1.165) is 22.9 Å². The summed E-state index contributed by atoms with van der Waals surface area (Å²) in [5.74, 6) is 2.67. The van der Waals surface area contributed by atoms with Crippen LogP contribution in [-0.2, 0) is 4.84 Å². The number of benzene rings is 1. The topological polar surface area (TPSA) is 54.6 Å². The number of hydrogen-bond acceptors (Lipinski definition) is 4. The van der Waals surface area contributed by atoms with Gasteiger partial charge in [-0.2, -0.15) is 5.26 Å². The Balaban J connectivity index is 1.55. The standard InChI is InChI=1S/C16H16N2O2/c17-7-8-19-13-5-3-10(4-6-13)15-14-11-1-2-12(9-11)16(14)20-18-15/h3-6,11-12,14,16H,1-2,8-9H2. The number of nitrogens with zero attached hydrogens (tertiary/aromatic N) is 2. The summed E-state index contributed by atoms with van der Waals surface area (Å²) in [6.07, 6.45) is 4.24. The molecule has 4 rings (SSSR count). The zero-order valence-corrected chi connectivity index (χ0v) is 11.2. The van der Waals surface area contributed by atoms with Gasteiger partial charge in [-0.25, -0.2) is 0 Å². The second-order valence-corrected chi connectivity index (χ2v) is 5.88. The van der Waals surface area contributed by atoms with E-state index in [2.05, 4.69) is 5.16 Å². The van der Waals surface area contributed by atoms with E-state index >= 15 is 0 Å². The van der Waals surface area contributed by atoms with Gasteiger partial charge in [0.05, 0.1) is 5.71 Å². The summed E-state index contributed by atoms with van der Waals surface area (Å²) in [4.78, 5) is 5.69. The third kappa shape index (κ3) is 1.70. The lowest BCUT2D eigenvalue weighted by Crippen LogP contribution is -2.29. The molecule has 1 aromatic rings. The molecule has 3 aliphatic rings. The summed E-state index contributed by atoms with van der Waals surface area (Å²) in [5.41, 5.74) is 2.23. The van der Waals surface area contributed by atoms with Crippen molar-refractivity contribution in [2.24, 2.45) is 22.9 Å². The molecule has 2 fully saturated rings. The maximum absolute atomic E-state index is 8.51. The molecule has 20 heavy (non-hydrogen) atoms. The van der Waals surface area contributed by atoms with E-state index in [1.54, 1.807) is 0 Å². The largest absolute Gasteiger partial charge is 0.479 e. The van der Waals surface area contributed by atoms with Gasteiger partial charge in [-0.3, -0.25) is 0 Å². The first kappa shape index (κ1) is 11.8. The van der Waals surface area contributed by atoms with E-state index in [-0.39, 0.29) is 6.61 Å². The van der Waals surface area contributed by atoms with E-state index in [4.69, 9.17) is 14.8 Å². The zero-order chi connectivity index (χ0) is 13.5. The molecule has 0 aromatic heterocycles. The molecule has 4 atom stereocenters. The Kier molecular flexibility index (Phi) is 2.66. The van der Waals surface area contributed by atoms with Crippen LogP contribution >= 0.6 is 0 Å². The first-order valence-corrected chi connectivity index (χ1v) is 7.20. The molecule has 0 radical (unpaired) electrons. The van der Waals surface area contributed by atoms with Gasteiger partial charge in [0.15, 0.2) is 6.61 Å². The van der Waals surface area contributed by atoms with Crippen LogP contribution in [0.25, 0.3) is 0 Å². The Labute approximate surface area is 118 Å². The van der Waals surface area contributed by atoms with Crippen molar-refractivity contribution in [3.8, 4) is 11.8 Å². The molecule has 0 saturated heterocycles. The fourth-order valence-electron chi connectivity index (χ4n) is 4.03. The first-order valence-electron chi connectivity index (χ1n) is 7.20. The van der Waals surface area contributed by atoms with Crippen molar-refractivity contribution in [2.75, 3.05) is 6.61 Å². The summed E-state index contributed by atoms with van der Waals surface area (Å²) in [5, 5.41) is 12.9. The van der Waals surface area contributed by atoms with Crippen molar-refractivity contribution in [1.29, 1.82) is 5.26 Å². The number of hydrogen-bond donors (Lipinski definition) is 0. The van der Waals surface area contributed by atoms with E-state index in [9.17, 15) is 0 Å². The second kappa shape index (κ2) is 4.52. The van der Waals surface area contributed by atoms with Crippen LogP contribution in [0.5, 0.6) is 5.75 Å². The fraction of sp³-hybridized carbons (Fsp3) is 0.500. The third-order valence-corrected chi connectivity index (χ3v) is 4.88. The first-order chi connectivity index (χ1) is 9.86. The van der Waals surface area contributed by atoms with Gasteiger partial charge in [-0.05, 0) is 55.4 Å². The van der Waals surface area contributed by atoms with Crippen LogP contribution < -0.4 is 4.74 Å². The summed E-state index contributed by atoms with van der Waals surface area (Å²) >= 11 is 0. The maximum Gasteiger partial charge on any atom is 0.174 e. The lowest BCUT2D eigenvalue weighted by molar-refractivity contribution is 0.0275. The van der Waals surface area contributed by atoms with Gasteiger partial charge >= 0.3 is 0 Å². The van der Waals surface area contributed by atoms with Crippen molar-refractivity contribution in [3.63, 3.8) is 0 Å². The average Bonchev–Trinajstić information content (AvgIpc) is 3.18. The summed E-state index contributed by atoms with van der Waals surface area (Å²) < 4.78 is 5.28. The van der Waals surface area contributed by atoms with Gasteiger partial charge in [0, 0.05) is 11.5 Å². The molecule has 2 aliphatic carbocycles. The molecule has 2 saturated carbocycles. The minimum atomic E-state index is 0.0812. The molecule has 0 spiro atoms. The SMILES string of the molecule is N#CCOc1ccc(C2=NOC3C4CCC(C4)C23)cc1. The Hall–Kier alpha value is -2.02. The monoisotopic (exact) mass is 268 g/mol. The zero-order valence-electron chi connectivity index (χ0n) is 11.2. The second-order valence-electron chi connectivity index (χ2n) is 5.88. The Morgan fingerprint density at radius 1 is 1.25 bits per heavy atom. The molecule has 1 aliphatic heterocycles. The lowest BCUT2D eigenvalue weighted by Gasteiger charge is -2.23. The van der Waals surface area contributed by atoms with Crippen molar-refractivity contribution < 1.29 is 9.57 Å². The highest BCUT2D eigenvalue weighted by atomic mass is 16.6. The number of rotatable bonds is 3. The van der Waals surface area contributed by atoms with Gasteiger partial charge in [0.25, 0.3) is 0 Å². The molecular weight excluding hydrogens is 252 g/mol. The minimum Gasteiger partial charge on any atom is -0.479 e. The number of ether oxygens (including phenoxy) is 1. The molecule has 0 N–H and O–H groups in total. The van der Waals surface area contributed by atoms with Gasteiger partial charge < -0.3 is 9.57 Å². The van der Waals surface area contributed by atoms with E-state index in [1.165, 1.54) is 19.3 Å². The number of oxime groups is 1. The lowest BCUT2D eigenvalue weighted by atomic mass is 9.81. The van der Waals surface area contributed by atoms with Crippen molar-refractivity contribution in [3.05, 3.63) is 29.8 Å². The van der Waals surface area contributed by atoms with Gasteiger partial charge in [0.1, 0.15) is 17.9 Å². The predicted octanol–water partition coefficient (Wildman–Crippen LogP) is 2.74. The fourth-order valence-corrected chi connectivity index (χ4v) is 4.03. The van der Waals surface area contributed by atoms with E-state index in [0.29, 0.717) is 17.9 Å². The number of nitriles is 1. The van der Waals surface area contributed by atoms with Crippen molar-refractivity contribution in [2.45, 2.75) is 25.4 Å². The molecule has 4 heteroatoms. The highest BCUT2D eigenvalue weighted by Gasteiger charge is 2.54. The van der Waals surface area contributed by atoms with Gasteiger partial charge in [-0.15, -0.1) is 0 Å². The Morgan fingerprint density at radius 2 is 2.05 bits per heavy atom. The highest BCUT2D eigenvalue weighted by molar-refractivity contribution is 6.03. The van der Waals surface area contributed by atoms with Gasteiger partial charge in [0.2, 0.25) is 0 Å². The van der Waals surface area contributed by atoms with E-state index in [1.807, 2.05) is 30.3 Å². The molecule has 4 unspecified atom stereocenters. The smallest absolute Gasteiger partial charge is 0.174 e. The van der Waals surface area contributed by atoms with E-state index < -0.39 is 0 Å². The molecule has 2 bridgehead atoms. The van der Waals surface area contributed by atoms with Crippen LogP contribution in [0.3, 0.4) is 0 Å². The van der Waals surface area contributed by atoms with Crippen LogP contribution in [-0.4, -0.2) is 18.4 Å². The molecule has 4 nitrogen and oxygen atoms in total. The van der Waals surface area contributed by atoms with Crippen LogP contribution in [0, 0.1) is 29.1 Å². The minimum absolute atomic E-state index is 0.0812. The van der Waals surface area contributed by atoms with Crippen molar-refractivity contribution >= 4 is 5.71 Å². The maximum atomic E-state index is 8.51. The molecule has 102 valence electrons. The van der Waals surface area contributed by atoms with Crippen LogP contribution in [0.15, 0.2) is 29.4 Å². The molecule has 0 amide bonds. The highest BCUT2D eigenvalue weighted by Crippen LogP contribution is 2.53. The Morgan fingerprint density at radius 3 is 2.85 bits per heavy atom. The van der Waals surface area contributed by atoms with Crippen LogP contribution in [0.1, 0.15) is 24.8 Å². The summed E-state index contributed by atoms with van der Waals surface area (Å²) in [6.45, 7) is 0.0812. The average molecular weight is 268 g/mol. The van der Waals surface area contributed by atoms with Gasteiger partial charge in [-0.1, -0.05) is 5.16 Å². The Bertz CT molecular complexity index is 587. The quantitative estimate of drug-likeness (QED) is 0.847. The molecular formula is C16H16N2O2. The molecule has 1 heterocycles. The normalized spacial score (nSPS) is 33.2. The van der Waals surface area contributed by atoms with Crippen molar-refractivity contribution in [1.82, 2.24) is 0 Å². The third-order valence-electron chi connectivity index (χ3n) is 4.88. The summed E-state index contributed by atoms with van der Waals surface area (Å²) in [6, 6.07) is 9.80. The van der Waals surface area contributed by atoms with Crippen LogP contribution in [0.4, 0.5) is 0 Å². The summed E-state index contributed by atoms with van der Waals surface area (Å²) in [7, 11) is 0. The molecule has 1 aromatic carbocycles.